The first-order valence-electron chi connectivity index (χ1n) is 4.78. The molecule has 1 aromatic rings. The highest BCUT2D eigenvalue weighted by molar-refractivity contribution is 6.45. The first-order valence-corrected chi connectivity index (χ1v) is 5.91. The molecule has 80 valence electrons. The molecule has 0 heterocycles. The standard InChI is InChI=1S/C11H9Cl3O/c12-7-4-8(10(14)9(13)5-7)11(15)6-2-1-3-6/h4-6H,1-3H2. The lowest BCUT2D eigenvalue weighted by molar-refractivity contribution is 0.0855. The first kappa shape index (κ1) is 11.3. The summed E-state index contributed by atoms with van der Waals surface area (Å²) in [6.45, 7) is 0. The predicted molar refractivity (Wildman–Crippen MR) is 63.1 cm³/mol. The summed E-state index contributed by atoms with van der Waals surface area (Å²) < 4.78 is 0. The molecule has 1 aliphatic rings. The fourth-order valence-corrected chi connectivity index (χ4v) is 2.32. The van der Waals surface area contributed by atoms with Crippen molar-refractivity contribution in [2.75, 3.05) is 0 Å². The van der Waals surface area contributed by atoms with E-state index in [1.807, 2.05) is 0 Å². The Kier molecular flexibility index (Phi) is 3.24. The van der Waals surface area contributed by atoms with Gasteiger partial charge in [0.05, 0.1) is 10.0 Å². The van der Waals surface area contributed by atoms with E-state index in [9.17, 15) is 4.79 Å². The lowest BCUT2D eigenvalue weighted by Gasteiger charge is -2.24. The molecule has 0 atom stereocenters. The van der Waals surface area contributed by atoms with Gasteiger partial charge < -0.3 is 0 Å². The number of halogens is 3. The third-order valence-electron chi connectivity index (χ3n) is 2.73. The van der Waals surface area contributed by atoms with Gasteiger partial charge in [-0.15, -0.1) is 0 Å². The molecule has 1 nitrogen and oxygen atoms in total. The molecular formula is C11H9Cl3O. The Balaban J connectivity index is 2.38. The van der Waals surface area contributed by atoms with Crippen LogP contribution in [0.1, 0.15) is 29.6 Å². The van der Waals surface area contributed by atoms with Gasteiger partial charge in [0.2, 0.25) is 0 Å². The second-order valence-corrected chi connectivity index (χ2v) is 4.96. The number of rotatable bonds is 2. The molecule has 0 N–H and O–H groups in total. The summed E-state index contributed by atoms with van der Waals surface area (Å²) in [4.78, 5) is 12.0. The highest BCUT2D eigenvalue weighted by Crippen LogP contribution is 2.35. The Bertz CT molecular complexity index is 411. The quantitative estimate of drug-likeness (QED) is 0.561. The summed E-state index contributed by atoms with van der Waals surface area (Å²) in [6.07, 6.45) is 3.00. The number of ketones is 1. The van der Waals surface area contributed by atoms with Crippen molar-refractivity contribution in [3.8, 4) is 0 Å². The highest BCUT2D eigenvalue weighted by atomic mass is 35.5. The second-order valence-electron chi connectivity index (χ2n) is 3.74. The van der Waals surface area contributed by atoms with Crippen LogP contribution >= 0.6 is 34.8 Å². The summed E-state index contributed by atoms with van der Waals surface area (Å²) in [5.74, 6) is 0.174. The maximum atomic E-state index is 12.0. The van der Waals surface area contributed by atoms with Gasteiger partial charge in [0.1, 0.15) is 0 Å². The van der Waals surface area contributed by atoms with Crippen molar-refractivity contribution in [1.29, 1.82) is 0 Å². The fourth-order valence-electron chi connectivity index (χ4n) is 1.63. The maximum absolute atomic E-state index is 12.0. The van der Waals surface area contributed by atoms with Gasteiger partial charge in [0, 0.05) is 16.5 Å². The van der Waals surface area contributed by atoms with Crippen molar-refractivity contribution in [1.82, 2.24) is 0 Å². The molecule has 1 aromatic carbocycles. The number of carbonyl (C=O) groups is 1. The van der Waals surface area contributed by atoms with Crippen molar-refractivity contribution in [3.63, 3.8) is 0 Å². The van der Waals surface area contributed by atoms with Gasteiger partial charge in [-0.05, 0) is 25.0 Å². The van der Waals surface area contributed by atoms with E-state index < -0.39 is 0 Å². The predicted octanol–water partition coefficient (Wildman–Crippen LogP) is 4.63. The Morgan fingerprint density at radius 1 is 1.20 bits per heavy atom. The van der Waals surface area contributed by atoms with Gasteiger partial charge in [0.15, 0.2) is 5.78 Å². The average Bonchev–Trinajstić information content (AvgIpc) is 2.08. The lowest BCUT2D eigenvalue weighted by Crippen LogP contribution is -2.22. The zero-order chi connectivity index (χ0) is 11.0. The van der Waals surface area contributed by atoms with Crippen LogP contribution in [0.4, 0.5) is 0 Å². The molecule has 0 radical (unpaired) electrons. The molecule has 0 bridgehead atoms. The molecule has 0 aliphatic heterocycles. The van der Waals surface area contributed by atoms with Crippen molar-refractivity contribution in [2.45, 2.75) is 19.3 Å². The molecule has 2 rings (SSSR count). The summed E-state index contributed by atoms with van der Waals surface area (Å²) in [7, 11) is 0. The van der Waals surface area contributed by atoms with E-state index in [1.54, 1.807) is 12.1 Å². The number of hydrogen-bond acceptors (Lipinski definition) is 1. The third-order valence-corrected chi connectivity index (χ3v) is 3.75. The molecular weight excluding hydrogens is 254 g/mol. The van der Waals surface area contributed by atoms with Crippen molar-refractivity contribution in [2.24, 2.45) is 5.92 Å². The van der Waals surface area contributed by atoms with Crippen molar-refractivity contribution < 1.29 is 4.79 Å². The third kappa shape index (κ3) is 2.15. The van der Waals surface area contributed by atoms with Crippen LogP contribution in [0.25, 0.3) is 0 Å². The van der Waals surface area contributed by atoms with Crippen molar-refractivity contribution in [3.05, 3.63) is 32.8 Å². The van der Waals surface area contributed by atoms with E-state index in [0.717, 1.165) is 19.3 Å². The molecule has 4 heteroatoms. The van der Waals surface area contributed by atoms with E-state index >= 15 is 0 Å². The summed E-state index contributed by atoms with van der Waals surface area (Å²) >= 11 is 17.7. The molecule has 1 saturated carbocycles. The monoisotopic (exact) mass is 262 g/mol. The van der Waals surface area contributed by atoms with Gasteiger partial charge >= 0.3 is 0 Å². The van der Waals surface area contributed by atoms with E-state index in [-0.39, 0.29) is 11.7 Å². The van der Waals surface area contributed by atoms with Crippen LogP contribution in [0, 0.1) is 5.92 Å². The number of carbonyl (C=O) groups excluding carboxylic acids is 1. The zero-order valence-electron chi connectivity index (χ0n) is 7.90. The Hall–Kier alpha value is -0.240. The van der Waals surface area contributed by atoms with Gasteiger partial charge in [-0.1, -0.05) is 41.2 Å². The van der Waals surface area contributed by atoms with Crippen LogP contribution in [0.3, 0.4) is 0 Å². The largest absolute Gasteiger partial charge is 0.294 e. The summed E-state index contributed by atoms with van der Waals surface area (Å²) in [5, 5.41) is 1.11. The van der Waals surface area contributed by atoms with Crippen LogP contribution in [0.2, 0.25) is 15.1 Å². The number of Topliss-reactive ketones (excluding diaryl/α,β-unsaturated/α-hetero) is 1. The van der Waals surface area contributed by atoms with E-state index in [4.69, 9.17) is 34.8 Å². The van der Waals surface area contributed by atoms with Crippen LogP contribution in [0.5, 0.6) is 0 Å². The van der Waals surface area contributed by atoms with E-state index in [1.165, 1.54) is 0 Å². The Morgan fingerprint density at radius 3 is 2.40 bits per heavy atom. The minimum atomic E-state index is 0.0654. The number of benzene rings is 1. The van der Waals surface area contributed by atoms with E-state index in [0.29, 0.717) is 20.6 Å². The molecule has 0 unspecified atom stereocenters. The molecule has 1 fully saturated rings. The van der Waals surface area contributed by atoms with Gasteiger partial charge in [-0.3, -0.25) is 4.79 Å². The summed E-state index contributed by atoms with van der Waals surface area (Å²) in [5.41, 5.74) is 0.457. The van der Waals surface area contributed by atoms with Crippen LogP contribution < -0.4 is 0 Å². The lowest BCUT2D eigenvalue weighted by atomic mass is 9.80. The topological polar surface area (TPSA) is 17.1 Å². The van der Waals surface area contributed by atoms with Gasteiger partial charge in [0.25, 0.3) is 0 Å². The van der Waals surface area contributed by atoms with Crippen LogP contribution in [0.15, 0.2) is 12.1 Å². The van der Waals surface area contributed by atoms with Crippen molar-refractivity contribution >= 4 is 40.6 Å². The summed E-state index contributed by atoms with van der Waals surface area (Å²) in [6, 6.07) is 3.14. The SMILES string of the molecule is O=C(c1cc(Cl)cc(Cl)c1Cl)C1CCC1. The van der Waals surface area contributed by atoms with E-state index in [2.05, 4.69) is 0 Å². The first-order chi connectivity index (χ1) is 7.09. The maximum Gasteiger partial charge on any atom is 0.167 e. The van der Waals surface area contributed by atoms with Crippen LogP contribution in [-0.4, -0.2) is 5.78 Å². The molecule has 1 aliphatic carbocycles. The van der Waals surface area contributed by atoms with Gasteiger partial charge in [-0.25, -0.2) is 0 Å². The van der Waals surface area contributed by atoms with Gasteiger partial charge in [-0.2, -0.15) is 0 Å². The highest BCUT2D eigenvalue weighted by Gasteiger charge is 2.28. The normalized spacial score (nSPS) is 16.2. The smallest absolute Gasteiger partial charge is 0.167 e. The molecule has 0 spiro atoms. The number of hydrogen-bond donors (Lipinski definition) is 0. The zero-order valence-corrected chi connectivity index (χ0v) is 10.2. The minimum Gasteiger partial charge on any atom is -0.294 e. The Labute approximate surface area is 103 Å². The van der Waals surface area contributed by atoms with Crippen LogP contribution in [-0.2, 0) is 0 Å². The molecule has 0 saturated heterocycles. The fraction of sp³-hybridized carbons (Fsp3) is 0.364. The minimum absolute atomic E-state index is 0.0654. The molecule has 0 aromatic heterocycles. The molecule has 0 amide bonds. The second kappa shape index (κ2) is 4.32. The Morgan fingerprint density at radius 2 is 1.87 bits per heavy atom. The average molecular weight is 264 g/mol. The molecule has 15 heavy (non-hydrogen) atoms.